The van der Waals surface area contributed by atoms with Crippen LogP contribution in [0.25, 0.3) is 0 Å². The van der Waals surface area contributed by atoms with Crippen molar-refractivity contribution in [3.05, 3.63) is 29.8 Å². The Morgan fingerprint density at radius 1 is 1.24 bits per heavy atom. The third-order valence-corrected chi connectivity index (χ3v) is 3.96. The molecule has 0 bridgehead atoms. The lowest BCUT2D eigenvalue weighted by molar-refractivity contribution is -0.150. The number of carbonyl (C=O) groups excluding carboxylic acids is 2. The molecule has 0 aromatic heterocycles. The highest BCUT2D eigenvalue weighted by atomic mass is 16.6. The zero-order chi connectivity index (χ0) is 18.4. The fourth-order valence-electron chi connectivity index (χ4n) is 2.94. The third kappa shape index (κ3) is 5.74. The van der Waals surface area contributed by atoms with Crippen molar-refractivity contribution in [2.45, 2.75) is 52.2 Å². The first-order valence-corrected chi connectivity index (χ1v) is 8.80. The van der Waals surface area contributed by atoms with Crippen LogP contribution in [0.15, 0.2) is 24.3 Å². The largest absolute Gasteiger partial charge is 0.466 e. The molecule has 1 aliphatic rings. The number of carbonyl (C=O) groups is 2. The summed E-state index contributed by atoms with van der Waals surface area (Å²) in [7, 11) is 0. The summed E-state index contributed by atoms with van der Waals surface area (Å²) in [6.07, 6.45) is 1.28. The van der Waals surface area contributed by atoms with Gasteiger partial charge in [-0.3, -0.25) is 10.1 Å². The molecule has 138 valence electrons. The molecule has 1 amide bonds. The summed E-state index contributed by atoms with van der Waals surface area (Å²) in [5.74, 6) is -0.339. The van der Waals surface area contributed by atoms with E-state index in [-0.39, 0.29) is 17.9 Å². The van der Waals surface area contributed by atoms with E-state index in [2.05, 4.69) is 10.6 Å². The number of rotatable bonds is 4. The second-order valence-electron chi connectivity index (χ2n) is 7.18. The quantitative estimate of drug-likeness (QED) is 0.813. The van der Waals surface area contributed by atoms with Crippen molar-refractivity contribution in [2.24, 2.45) is 5.92 Å². The molecule has 1 fully saturated rings. The van der Waals surface area contributed by atoms with Gasteiger partial charge in [0.05, 0.1) is 12.5 Å². The summed E-state index contributed by atoms with van der Waals surface area (Å²) in [6.45, 7) is 8.54. The summed E-state index contributed by atoms with van der Waals surface area (Å²) in [6, 6.07) is 7.41. The van der Waals surface area contributed by atoms with Crippen molar-refractivity contribution in [3.8, 4) is 0 Å². The molecule has 1 unspecified atom stereocenters. The molecule has 2 N–H and O–H groups in total. The van der Waals surface area contributed by atoms with E-state index in [9.17, 15) is 9.59 Å². The lowest BCUT2D eigenvalue weighted by atomic mass is 9.86. The molecule has 2 atom stereocenters. The third-order valence-electron chi connectivity index (χ3n) is 3.96. The van der Waals surface area contributed by atoms with Gasteiger partial charge in [-0.05, 0) is 64.8 Å². The minimum atomic E-state index is -0.539. The standard InChI is InChI=1S/C19H28N2O4/c1-5-24-17(22)15-7-6-12-20-16(15)13-8-10-14(11-9-13)21-18(23)25-19(2,3)4/h8-11,15-16,20H,5-7,12H2,1-4H3,(H,21,23)/t15-,16?/m0/s1. The van der Waals surface area contributed by atoms with Gasteiger partial charge in [0.25, 0.3) is 0 Å². The molecule has 1 heterocycles. The molecular weight excluding hydrogens is 320 g/mol. The highest BCUT2D eigenvalue weighted by molar-refractivity contribution is 5.84. The first-order chi connectivity index (χ1) is 11.8. The minimum absolute atomic E-state index is 0.0663. The minimum Gasteiger partial charge on any atom is -0.466 e. The fourth-order valence-corrected chi connectivity index (χ4v) is 2.94. The number of benzene rings is 1. The fraction of sp³-hybridized carbons (Fsp3) is 0.579. The van der Waals surface area contributed by atoms with Gasteiger partial charge in [0.15, 0.2) is 0 Å². The average molecular weight is 348 g/mol. The maximum absolute atomic E-state index is 12.2. The Labute approximate surface area is 149 Å². The maximum atomic E-state index is 12.2. The lowest BCUT2D eigenvalue weighted by Gasteiger charge is -2.31. The molecule has 1 aliphatic heterocycles. The zero-order valence-electron chi connectivity index (χ0n) is 15.4. The Morgan fingerprint density at radius 2 is 1.92 bits per heavy atom. The second kappa shape index (κ2) is 8.34. The number of anilines is 1. The van der Waals surface area contributed by atoms with Gasteiger partial charge in [0, 0.05) is 11.7 Å². The molecule has 25 heavy (non-hydrogen) atoms. The average Bonchev–Trinajstić information content (AvgIpc) is 2.54. The SMILES string of the molecule is CCOC(=O)[C@H]1CCCNC1c1ccc(NC(=O)OC(C)(C)C)cc1. The van der Waals surface area contributed by atoms with Gasteiger partial charge >= 0.3 is 12.1 Å². The van der Waals surface area contributed by atoms with E-state index in [1.807, 2.05) is 52.0 Å². The van der Waals surface area contributed by atoms with Crippen molar-refractivity contribution in [2.75, 3.05) is 18.5 Å². The number of amides is 1. The number of ether oxygens (including phenoxy) is 2. The number of esters is 1. The molecule has 1 saturated heterocycles. The Balaban J connectivity index is 2.04. The molecule has 2 rings (SSSR count). The lowest BCUT2D eigenvalue weighted by Crippen LogP contribution is -2.39. The number of piperidine rings is 1. The van der Waals surface area contributed by atoms with Gasteiger partial charge in [-0.1, -0.05) is 12.1 Å². The van der Waals surface area contributed by atoms with Crippen LogP contribution < -0.4 is 10.6 Å². The Morgan fingerprint density at radius 3 is 2.52 bits per heavy atom. The van der Waals surface area contributed by atoms with Crippen molar-refractivity contribution in [3.63, 3.8) is 0 Å². The Kier molecular flexibility index (Phi) is 6.42. The molecule has 0 aliphatic carbocycles. The van der Waals surface area contributed by atoms with Crippen LogP contribution in [0.4, 0.5) is 10.5 Å². The summed E-state index contributed by atoms with van der Waals surface area (Å²) in [4.78, 5) is 24.0. The zero-order valence-corrected chi connectivity index (χ0v) is 15.4. The highest BCUT2D eigenvalue weighted by Crippen LogP contribution is 2.31. The van der Waals surface area contributed by atoms with Crippen molar-refractivity contribution in [1.29, 1.82) is 0 Å². The first-order valence-electron chi connectivity index (χ1n) is 8.80. The molecule has 6 heteroatoms. The summed E-state index contributed by atoms with van der Waals surface area (Å²) < 4.78 is 10.4. The van der Waals surface area contributed by atoms with Gasteiger partial charge in [-0.2, -0.15) is 0 Å². The highest BCUT2D eigenvalue weighted by Gasteiger charge is 2.32. The van der Waals surface area contributed by atoms with Crippen LogP contribution >= 0.6 is 0 Å². The van der Waals surface area contributed by atoms with Gasteiger partial charge in [-0.25, -0.2) is 4.79 Å². The smallest absolute Gasteiger partial charge is 0.412 e. The first kappa shape index (κ1) is 19.2. The molecule has 0 spiro atoms. The molecule has 1 aromatic rings. The number of hydrogen-bond donors (Lipinski definition) is 2. The second-order valence-corrected chi connectivity index (χ2v) is 7.18. The van der Waals surface area contributed by atoms with Crippen LogP contribution in [0.5, 0.6) is 0 Å². The number of hydrogen-bond acceptors (Lipinski definition) is 5. The van der Waals surface area contributed by atoms with Gasteiger partial charge in [0.1, 0.15) is 5.60 Å². The number of nitrogens with one attached hydrogen (secondary N) is 2. The van der Waals surface area contributed by atoms with Crippen LogP contribution in [0.1, 0.15) is 52.1 Å². The summed E-state index contributed by atoms with van der Waals surface area (Å²) in [5.41, 5.74) is 1.12. The van der Waals surface area contributed by atoms with Gasteiger partial charge in [0.2, 0.25) is 0 Å². The van der Waals surface area contributed by atoms with Crippen LogP contribution in [-0.2, 0) is 14.3 Å². The van der Waals surface area contributed by atoms with Crippen molar-refractivity contribution in [1.82, 2.24) is 5.32 Å². The van der Waals surface area contributed by atoms with E-state index >= 15 is 0 Å². The van der Waals surface area contributed by atoms with E-state index in [1.165, 1.54) is 0 Å². The Hall–Kier alpha value is -2.08. The Bertz CT molecular complexity index is 592. The van der Waals surface area contributed by atoms with Gasteiger partial charge < -0.3 is 14.8 Å². The van der Waals surface area contributed by atoms with Crippen LogP contribution in [0, 0.1) is 5.92 Å². The monoisotopic (exact) mass is 348 g/mol. The van der Waals surface area contributed by atoms with Crippen LogP contribution in [-0.4, -0.2) is 30.8 Å². The maximum Gasteiger partial charge on any atom is 0.412 e. The van der Waals surface area contributed by atoms with Crippen molar-refractivity contribution < 1.29 is 19.1 Å². The van der Waals surface area contributed by atoms with Crippen LogP contribution in [0.3, 0.4) is 0 Å². The summed E-state index contributed by atoms with van der Waals surface area (Å²) in [5, 5.41) is 6.11. The molecular formula is C19H28N2O4. The van der Waals surface area contributed by atoms with E-state index in [0.29, 0.717) is 12.3 Å². The van der Waals surface area contributed by atoms with Crippen LogP contribution in [0.2, 0.25) is 0 Å². The normalized spacial score (nSPS) is 20.6. The molecule has 6 nitrogen and oxygen atoms in total. The van der Waals surface area contributed by atoms with E-state index in [4.69, 9.17) is 9.47 Å². The van der Waals surface area contributed by atoms with E-state index in [0.717, 1.165) is 24.9 Å². The molecule has 1 aromatic carbocycles. The van der Waals surface area contributed by atoms with E-state index < -0.39 is 11.7 Å². The van der Waals surface area contributed by atoms with Crippen molar-refractivity contribution >= 4 is 17.7 Å². The molecule has 0 radical (unpaired) electrons. The summed E-state index contributed by atoms with van der Waals surface area (Å²) >= 11 is 0. The topological polar surface area (TPSA) is 76.7 Å². The predicted molar refractivity (Wildman–Crippen MR) is 96.4 cm³/mol. The van der Waals surface area contributed by atoms with Gasteiger partial charge in [-0.15, -0.1) is 0 Å². The predicted octanol–water partition coefficient (Wildman–Crippen LogP) is 3.64. The molecule has 0 saturated carbocycles. The van der Waals surface area contributed by atoms with E-state index in [1.54, 1.807) is 0 Å².